The molecule has 1 rings (SSSR count). The standard InChI is InChI=1S/C12H18N4/c1-7-14-11-10(9(4)8(2)3)15-16(6)12(11)13-5/h7,13H,2,4H2,1,3,5-6H3. The largest absolute Gasteiger partial charge is 0.372 e. The number of allylic oxidation sites excluding steroid dienone is 2. The van der Waals surface area contributed by atoms with E-state index in [1.165, 1.54) is 0 Å². The van der Waals surface area contributed by atoms with Gasteiger partial charge in [-0.3, -0.25) is 9.67 Å². The van der Waals surface area contributed by atoms with Crippen LogP contribution in [0.15, 0.2) is 23.7 Å². The van der Waals surface area contributed by atoms with Crippen LogP contribution >= 0.6 is 0 Å². The first-order chi connectivity index (χ1) is 7.52. The zero-order valence-corrected chi connectivity index (χ0v) is 10.3. The first-order valence-corrected chi connectivity index (χ1v) is 5.11. The van der Waals surface area contributed by atoms with Crippen molar-refractivity contribution in [3.05, 3.63) is 24.4 Å². The number of anilines is 1. The lowest BCUT2D eigenvalue weighted by Crippen LogP contribution is -1.98. The molecule has 0 radical (unpaired) electrons. The van der Waals surface area contributed by atoms with Gasteiger partial charge in [-0.15, -0.1) is 0 Å². The Bertz CT molecular complexity index is 452. The van der Waals surface area contributed by atoms with E-state index in [0.717, 1.165) is 28.3 Å². The zero-order chi connectivity index (χ0) is 12.3. The summed E-state index contributed by atoms with van der Waals surface area (Å²) in [6.45, 7) is 11.6. The van der Waals surface area contributed by atoms with Crippen LogP contribution in [-0.4, -0.2) is 23.0 Å². The second-order valence-corrected chi connectivity index (χ2v) is 3.57. The van der Waals surface area contributed by atoms with Gasteiger partial charge in [-0.2, -0.15) is 5.10 Å². The predicted molar refractivity (Wildman–Crippen MR) is 70.4 cm³/mol. The van der Waals surface area contributed by atoms with Gasteiger partial charge in [0.15, 0.2) is 5.82 Å². The first-order valence-electron chi connectivity index (χ1n) is 5.11. The van der Waals surface area contributed by atoms with Gasteiger partial charge < -0.3 is 5.32 Å². The van der Waals surface area contributed by atoms with Crippen LogP contribution in [0.5, 0.6) is 0 Å². The summed E-state index contributed by atoms with van der Waals surface area (Å²) in [7, 11) is 3.72. The maximum atomic E-state index is 4.40. The van der Waals surface area contributed by atoms with Crippen molar-refractivity contribution in [2.75, 3.05) is 12.4 Å². The van der Waals surface area contributed by atoms with Gasteiger partial charge in [-0.25, -0.2) is 0 Å². The van der Waals surface area contributed by atoms with Crippen molar-refractivity contribution in [2.45, 2.75) is 13.8 Å². The molecule has 0 atom stereocenters. The van der Waals surface area contributed by atoms with Crippen LogP contribution in [-0.2, 0) is 7.05 Å². The summed E-state index contributed by atoms with van der Waals surface area (Å²) >= 11 is 0. The average Bonchev–Trinajstić information content (AvgIpc) is 2.54. The minimum absolute atomic E-state index is 0.775. The Morgan fingerprint density at radius 1 is 1.50 bits per heavy atom. The van der Waals surface area contributed by atoms with Crippen LogP contribution in [0.25, 0.3) is 5.57 Å². The lowest BCUT2D eigenvalue weighted by Gasteiger charge is -2.03. The van der Waals surface area contributed by atoms with Gasteiger partial charge in [0, 0.05) is 20.3 Å². The monoisotopic (exact) mass is 218 g/mol. The zero-order valence-electron chi connectivity index (χ0n) is 10.3. The molecular weight excluding hydrogens is 200 g/mol. The molecule has 0 spiro atoms. The number of nitrogens with zero attached hydrogens (tertiary/aromatic N) is 3. The number of nitrogens with one attached hydrogen (secondary N) is 1. The molecular formula is C12H18N4. The first kappa shape index (κ1) is 12.2. The van der Waals surface area contributed by atoms with Gasteiger partial charge in [0.05, 0.1) is 0 Å². The summed E-state index contributed by atoms with van der Waals surface area (Å²) < 4.78 is 1.76. The molecule has 4 nitrogen and oxygen atoms in total. The molecule has 1 N–H and O–H groups in total. The molecule has 1 aromatic heterocycles. The fourth-order valence-electron chi connectivity index (χ4n) is 1.45. The fraction of sp³-hybridized carbons (Fsp3) is 0.333. The van der Waals surface area contributed by atoms with E-state index in [0.29, 0.717) is 0 Å². The van der Waals surface area contributed by atoms with Crippen molar-refractivity contribution in [3.8, 4) is 0 Å². The topological polar surface area (TPSA) is 42.2 Å². The molecule has 0 aliphatic rings. The number of hydrogen-bond acceptors (Lipinski definition) is 3. The van der Waals surface area contributed by atoms with Gasteiger partial charge in [0.1, 0.15) is 11.4 Å². The maximum absolute atomic E-state index is 4.40. The van der Waals surface area contributed by atoms with E-state index in [1.807, 2.05) is 27.9 Å². The second kappa shape index (κ2) is 4.79. The van der Waals surface area contributed by atoms with E-state index < -0.39 is 0 Å². The fourth-order valence-corrected chi connectivity index (χ4v) is 1.45. The van der Waals surface area contributed by atoms with Crippen molar-refractivity contribution in [1.29, 1.82) is 0 Å². The molecule has 0 aliphatic carbocycles. The van der Waals surface area contributed by atoms with Gasteiger partial charge in [-0.1, -0.05) is 13.2 Å². The van der Waals surface area contributed by atoms with E-state index in [1.54, 1.807) is 10.9 Å². The number of rotatable bonds is 4. The molecule has 0 aromatic carbocycles. The Hall–Kier alpha value is -1.84. The Kier molecular flexibility index (Phi) is 3.66. The van der Waals surface area contributed by atoms with E-state index >= 15 is 0 Å². The SMILES string of the molecule is C=C(C)C(=C)c1nn(C)c(NC)c1N=CC. The average molecular weight is 218 g/mol. The third kappa shape index (κ3) is 2.05. The summed E-state index contributed by atoms with van der Waals surface area (Å²) in [5.41, 5.74) is 3.30. The number of aryl methyl sites for hydroxylation is 1. The Morgan fingerprint density at radius 3 is 2.56 bits per heavy atom. The Balaban J connectivity index is 3.39. The summed E-state index contributed by atoms with van der Waals surface area (Å²) in [6, 6.07) is 0. The van der Waals surface area contributed by atoms with E-state index in [-0.39, 0.29) is 0 Å². The highest BCUT2D eigenvalue weighted by molar-refractivity contribution is 5.86. The summed E-state index contributed by atoms with van der Waals surface area (Å²) in [5.74, 6) is 0.871. The highest BCUT2D eigenvalue weighted by Gasteiger charge is 2.16. The van der Waals surface area contributed by atoms with Gasteiger partial charge >= 0.3 is 0 Å². The lowest BCUT2D eigenvalue weighted by molar-refractivity contribution is 0.770. The molecule has 1 heterocycles. The predicted octanol–water partition coefficient (Wildman–Crippen LogP) is 2.77. The van der Waals surface area contributed by atoms with Gasteiger partial charge in [-0.05, 0) is 25.0 Å². The van der Waals surface area contributed by atoms with Gasteiger partial charge in [0.2, 0.25) is 0 Å². The van der Waals surface area contributed by atoms with E-state index in [2.05, 4.69) is 28.6 Å². The third-order valence-corrected chi connectivity index (χ3v) is 2.32. The highest BCUT2D eigenvalue weighted by Crippen LogP contribution is 2.34. The molecule has 0 bridgehead atoms. The normalized spacial score (nSPS) is 10.8. The molecule has 0 saturated carbocycles. The van der Waals surface area contributed by atoms with Crippen LogP contribution in [0, 0.1) is 0 Å². The summed E-state index contributed by atoms with van der Waals surface area (Å²) in [4.78, 5) is 4.33. The maximum Gasteiger partial charge on any atom is 0.150 e. The minimum atomic E-state index is 0.775. The van der Waals surface area contributed by atoms with Gasteiger partial charge in [0.25, 0.3) is 0 Å². The molecule has 16 heavy (non-hydrogen) atoms. The molecule has 0 saturated heterocycles. The van der Waals surface area contributed by atoms with Crippen molar-refractivity contribution < 1.29 is 0 Å². The Labute approximate surface area is 96.4 Å². The summed E-state index contributed by atoms with van der Waals surface area (Å²) in [5, 5.41) is 7.48. The molecule has 86 valence electrons. The van der Waals surface area contributed by atoms with E-state index in [4.69, 9.17) is 0 Å². The van der Waals surface area contributed by atoms with Crippen LogP contribution in [0.1, 0.15) is 19.5 Å². The van der Waals surface area contributed by atoms with E-state index in [9.17, 15) is 0 Å². The highest BCUT2D eigenvalue weighted by atomic mass is 15.3. The number of aliphatic imine (C=N–C) groups is 1. The quantitative estimate of drug-likeness (QED) is 0.623. The Morgan fingerprint density at radius 2 is 2.12 bits per heavy atom. The second-order valence-electron chi connectivity index (χ2n) is 3.57. The van der Waals surface area contributed by atoms with Crippen LogP contribution in [0.2, 0.25) is 0 Å². The molecule has 0 unspecified atom stereocenters. The van der Waals surface area contributed by atoms with Crippen molar-refractivity contribution in [1.82, 2.24) is 9.78 Å². The summed E-state index contributed by atoms with van der Waals surface area (Å²) in [6.07, 6.45) is 1.74. The smallest absolute Gasteiger partial charge is 0.150 e. The third-order valence-electron chi connectivity index (χ3n) is 2.32. The lowest BCUT2D eigenvalue weighted by atomic mass is 10.1. The minimum Gasteiger partial charge on any atom is -0.372 e. The number of hydrogen-bond donors (Lipinski definition) is 1. The molecule has 0 fully saturated rings. The van der Waals surface area contributed by atoms with Crippen LogP contribution < -0.4 is 5.32 Å². The van der Waals surface area contributed by atoms with Crippen LogP contribution in [0.4, 0.5) is 11.5 Å². The molecule has 1 aromatic rings. The molecule has 4 heteroatoms. The number of aromatic nitrogens is 2. The van der Waals surface area contributed by atoms with Crippen molar-refractivity contribution in [3.63, 3.8) is 0 Å². The van der Waals surface area contributed by atoms with Crippen LogP contribution in [0.3, 0.4) is 0 Å². The molecule has 0 aliphatic heterocycles. The molecule has 0 amide bonds. The van der Waals surface area contributed by atoms with Crippen molar-refractivity contribution >= 4 is 23.3 Å². The van der Waals surface area contributed by atoms with Crippen molar-refractivity contribution in [2.24, 2.45) is 12.0 Å².